The molecule has 148 valence electrons. The second-order valence-corrected chi connectivity index (χ2v) is 7.54. The van der Waals surface area contributed by atoms with E-state index in [2.05, 4.69) is 16.9 Å². The molecule has 2 saturated heterocycles. The van der Waals surface area contributed by atoms with E-state index in [-0.39, 0.29) is 30.1 Å². The molecule has 0 bridgehead atoms. The standard InChI is InChI=1S/C20H30N4O3/c1-3-18-6-7-19(27-18)20(26)23-9-4-5-17(8-10-23)24(15(2)25)13-16-11-21-14-22-12-16/h11-12,14,17-19H,3-10,13H2,1-2H3/t17-,18-,19-/m1/s1. The van der Waals surface area contributed by atoms with Gasteiger partial charge in [0.05, 0.1) is 6.10 Å². The Morgan fingerprint density at radius 3 is 2.63 bits per heavy atom. The van der Waals surface area contributed by atoms with Crippen LogP contribution in [0.1, 0.15) is 57.9 Å². The summed E-state index contributed by atoms with van der Waals surface area (Å²) in [5.41, 5.74) is 0.926. The van der Waals surface area contributed by atoms with Gasteiger partial charge in [0.25, 0.3) is 5.91 Å². The first-order valence-corrected chi connectivity index (χ1v) is 10.0. The highest BCUT2D eigenvalue weighted by Gasteiger charge is 2.34. The van der Waals surface area contributed by atoms with Crippen molar-refractivity contribution in [2.45, 2.75) is 77.2 Å². The molecule has 2 fully saturated rings. The van der Waals surface area contributed by atoms with E-state index in [1.807, 2.05) is 9.80 Å². The third-order valence-corrected chi connectivity index (χ3v) is 5.66. The molecule has 0 radical (unpaired) electrons. The minimum Gasteiger partial charge on any atom is -0.365 e. The zero-order chi connectivity index (χ0) is 19.2. The summed E-state index contributed by atoms with van der Waals surface area (Å²) in [4.78, 5) is 37.0. The topological polar surface area (TPSA) is 75.6 Å². The van der Waals surface area contributed by atoms with Crippen LogP contribution in [-0.2, 0) is 20.9 Å². The highest BCUT2D eigenvalue weighted by molar-refractivity contribution is 5.81. The molecule has 0 aromatic carbocycles. The zero-order valence-corrected chi connectivity index (χ0v) is 16.3. The molecule has 3 heterocycles. The van der Waals surface area contributed by atoms with Crippen LogP contribution < -0.4 is 0 Å². The van der Waals surface area contributed by atoms with E-state index in [0.29, 0.717) is 13.1 Å². The molecule has 3 rings (SSSR count). The van der Waals surface area contributed by atoms with Crippen molar-refractivity contribution in [1.82, 2.24) is 19.8 Å². The molecule has 0 spiro atoms. The summed E-state index contributed by atoms with van der Waals surface area (Å²) in [5.74, 6) is 0.172. The molecule has 0 aliphatic carbocycles. The van der Waals surface area contributed by atoms with Crippen LogP contribution in [0.15, 0.2) is 18.7 Å². The summed E-state index contributed by atoms with van der Waals surface area (Å²) in [6.45, 7) is 5.64. The lowest BCUT2D eigenvalue weighted by atomic mass is 10.1. The van der Waals surface area contributed by atoms with Crippen molar-refractivity contribution in [3.8, 4) is 0 Å². The Balaban J connectivity index is 1.59. The van der Waals surface area contributed by atoms with Crippen molar-refractivity contribution in [3.05, 3.63) is 24.3 Å². The molecule has 27 heavy (non-hydrogen) atoms. The van der Waals surface area contributed by atoms with Crippen LogP contribution in [0.5, 0.6) is 0 Å². The van der Waals surface area contributed by atoms with E-state index in [1.54, 1.807) is 19.3 Å². The smallest absolute Gasteiger partial charge is 0.251 e. The van der Waals surface area contributed by atoms with Crippen molar-refractivity contribution < 1.29 is 14.3 Å². The first-order valence-electron chi connectivity index (χ1n) is 10.0. The summed E-state index contributed by atoms with van der Waals surface area (Å²) in [5, 5.41) is 0. The fourth-order valence-corrected chi connectivity index (χ4v) is 4.11. The predicted octanol–water partition coefficient (Wildman–Crippen LogP) is 2.16. The molecule has 1 aromatic rings. The van der Waals surface area contributed by atoms with Gasteiger partial charge in [-0.25, -0.2) is 9.97 Å². The van der Waals surface area contributed by atoms with Crippen molar-refractivity contribution >= 4 is 11.8 Å². The molecule has 0 unspecified atom stereocenters. The lowest BCUT2D eigenvalue weighted by Gasteiger charge is -2.30. The second-order valence-electron chi connectivity index (χ2n) is 7.54. The van der Waals surface area contributed by atoms with Gasteiger partial charge in [0.2, 0.25) is 5.91 Å². The zero-order valence-electron chi connectivity index (χ0n) is 16.3. The predicted molar refractivity (Wildman–Crippen MR) is 101 cm³/mol. The third-order valence-electron chi connectivity index (χ3n) is 5.66. The van der Waals surface area contributed by atoms with Gasteiger partial charge >= 0.3 is 0 Å². The number of nitrogens with zero attached hydrogens (tertiary/aromatic N) is 4. The van der Waals surface area contributed by atoms with Crippen molar-refractivity contribution in [1.29, 1.82) is 0 Å². The summed E-state index contributed by atoms with van der Waals surface area (Å²) in [6.07, 6.45) is 10.3. The van der Waals surface area contributed by atoms with Crippen LogP contribution in [0.2, 0.25) is 0 Å². The third kappa shape index (κ3) is 5.03. The van der Waals surface area contributed by atoms with Crippen LogP contribution in [0.25, 0.3) is 0 Å². The van der Waals surface area contributed by atoms with Gasteiger partial charge in [-0.15, -0.1) is 0 Å². The molecule has 0 N–H and O–H groups in total. The molecule has 2 amide bonds. The Hall–Kier alpha value is -2.02. The van der Waals surface area contributed by atoms with Crippen molar-refractivity contribution in [3.63, 3.8) is 0 Å². The quantitative estimate of drug-likeness (QED) is 0.789. The monoisotopic (exact) mass is 374 g/mol. The molecule has 1 aromatic heterocycles. The molecular weight excluding hydrogens is 344 g/mol. The van der Waals surface area contributed by atoms with Crippen LogP contribution in [0.3, 0.4) is 0 Å². The number of hydrogen-bond donors (Lipinski definition) is 0. The molecule has 7 nitrogen and oxygen atoms in total. The van der Waals surface area contributed by atoms with Gasteiger partial charge in [-0.3, -0.25) is 9.59 Å². The maximum Gasteiger partial charge on any atom is 0.251 e. The molecule has 7 heteroatoms. The van der Waals surface area contributed by atoms with Gasteiger partial charge < -0.3 is 14.5 Å². The Morgan fingerprint density at radius 1 is 1.19 bits per heavy atom. The SMILES string of the molecule is CC[C@@H]1CC[C@H](C(=O)N2CCC[C@@H](N(Cc3cncnc3)C(C)=O)CC2)O1. The fourth-order valence-electron chi connectivity index (χ4n) is 4.11. The Morgan fingerprint density at radius 2 is 1.96 bits per heavy atom. The highest BCUT2D eigenvalue weighted by Crippen LogP contribution is 2.25. The van der Waals surface area contributed by atoms with E-state index in [1.165, 1.54) is 6.33 Å². The van der Waals surface area contributed by atoms with Crippen LogP contribution in [0, 0.1) is 0 Å². The average Bonchev–Trinajstić information content (AvgIpc) is 3.04. The maximum atomic E-state index is 12.8. The van der Waals surface area contributed by atoms with E-state index in [9.17, 15) is 9.59 Å². The molecule has 3 atom stereocenters. The van der Waals surface area contributed by atoms with E-state index in [0.717, 1.165) is 50.6 Å². The number of carbonyl (C=O) groups is 2. The highest BCUT2D eigenvalue weighted by atomic mass is 16.5. The van der Waals surface area contributed by atoms with Gasteiger partial charge in [-0.1, -0.05) is 6.92 Å². The summed E-state index contributed by atoms with van der Waals surface area (Å²) < 4.78 is 5.89. The Labute approximate surface area is 161 Å². The van der Waals surface area contributed by atoms with Gasteiger partial charge in [0.1, 0.15) is 12.4 Å². The van der Waals surface area contributed by atoms with Crippen LogP contribution in [-0.4, -0.2) is 62.9 Å². The first-order chi connectivity index (χ1) is 13.1. The van der Waals surface area contributed by atoms with Gasteiger partial charge in [-0.2, -0.15) is 0 Å². The first kappa shape index (κ1) is 19.7. The van der Waals surface area contributed by atoms with E-state index >= 15 is 0 Å². The van der Waals surface area contributed by atoms with Gasteiger partial charge in [0.15, 0.2) is 0 Å². The van der Waals surface area contributed by atoms with Crippen molar-refractivity contribution in [2.75, 3.05) is 13.1 Å². The number of hydrogen-bond acceptors (Lipinski definition) is 5. The molecule has 0 saturated carbocycles. The van der Waals surface area contributed by atoms with E-state index < -0.39 is 0 Å². The normalized spacial score (nSPS) is 25.9. The number of ether oxygens (including phenoxy) is 1. The lowest BCUT2D eigenvalue weighted by Crippen LogP contribution is -2.41. The maximum absolute atomic E-state index is 12.8. The number of aromatic nitrogens is 2. The second kappa shape index (κ2) is 9.26. The van der Waals surface area contributed by atoms with Crippen LogP contribution in [0.4, 0.5) is 0 Å². The van der Waals surface area contributed by atoms with Crippen molar-refractivity contribution in [2.24, 2.45) is 0 Å². The average molecular weight is 374 g/mol. The number of rotatable bonds is 5. The summed E-state index contributed by atoms with van der Waals surface area (Å²) in [7, 11) is 0. The summed E-state index contributed by atoms with van der Waals surface area (Å²) >= 11 is 0. The molecule has 2 aliphatic rings. The number of carbonyl (C=O) groups excluding carboxylic acids is 2. The molecule has 2 aliphatic heterocycles. The molecular formula is C20H30N4O3. The van der Waals surface area contributed by atoms with Gasteiger partial charge in [-0.05, 0) is 38.5 Å². The number of amides is 2. The minimum atomic E-state index is -0.281. The van der Waals surface area contributed by atoms with E-state index in [4.69, 9.17) is 4.74 Å². The summed E-state index contributed by atoms with van der Waals surface area (Å²) in [6, 6.07) is 0.133. The number of likely N-dealkylation sites (tertiary alicyclic amines) is 1. The fraction of sp³-hybridized carbons (Fsp3) is 0.700. The minimum absolute atomic E-state index is 0.0496. The van der Waals surface area contributed by atoms with Gasteiger partial charge in [0, 0.05) is 50.6 Å². The largest absolute Gasteiger partial charge is 0.365 e. The Kier molecular flexibility index (Phi) is 6.77. The lowest BCUT2D eigenvalue weighted by molar-refractivity contribution is -0.143. The van der Waals surface area contributed by atoms with Crippen LogP contribution >= 0.6 is 0 Å². The Bertz CT molecular complexity index is 639.